The van der Waals surface area contributed by atoms with Crippen LogP contribution in [0, 0.1) is 0 Å². The van der Waals surface area contributed by atoms with Gasteiger partial charge in [-0.05, 0) is 61.2 Å². The lowest BCUT2D eigenvalue weighted by molar-refractivity contribution is -0.123. The fourth-order valence-corrected chi connectivity index (χ4v) is 7.90. The van der Waals surface area contributed by atoms with Crippen LogP contribution >= 0.6 is 11.6 Å². The Bertz CT molecular complexity index is 2020. The van der Waals surface area contributed by atoms with Crippen molar-refractivity contribution in [1.82, 2.24) is 19.8 Å². The minimum absolute atomic E-state index is 0.0186. The van der Waals surface area contributed by atoms with Crippen molar-refractivity contribution in [1.29, 1.82) is 0 Å². The Labute approximate surface area is 273 Å². The van der Waals surface area contributed by atoms with Crippen molar-refractivity contribution in [3.05, 3.63) is 114 Å². The van der Waals surface area contributed by atoms with Gasteiger partial charge in [0.1, 0.15) is 11.6 Å². The van der Waals surface area contributed by atoms with Crippen molar-refractivity contribution < 1.29 is 26.4 Å². The second-order valence-corrected chi connectivity index (χ2v) is 14.5. The number of halogens is 1. The lowest BCUT2D eigenvalue weighted by Gasteiger charge is -2.20. The van der Waals surface area contributed by atoms with E-state index in [-0.39, 0.29) is 43.0 Å². The topological polar surface area (TPSA) is 136 Å². The lowest BCUT2D eigenvalue weighted by Crippen LogP contribution is -2.49. The molecule has 0 fully saturated rings. The molecule has 0 saturated heterocycles. The van der Waals surface area contributed by atoms with Gasteiger partial charge in [-0.1, -0.05) is 78.3 Å². The van der Waals surface area contributed by atoms with Crippen LogP contribution in [-0.4, -0.2) is 52.2 Å². The zero-order valence-corrected chi connectivity index (χ0v) is 27.4. The highest BCUT2D eigenvalue weighted by atomic mass is 35.5. The maximum atomic E-state index is 13.7. The molecular weight excluding hydrogens is 648 g/mol. The standard InChI is InChI=1S/C33H33ClN4O6S2/c1-44-31-28(34)21-20-27-30(31)38(36-33(27)45(40,41)25-16-7-3-8-17-25)23-29(37-46(42,43)26-18-9-4-10-19-26)32(39)35-22-12-11-15-24-13-5-2-6-14-24/h2-10,13-14,16-21,29,37H,11-12,15,22-23H2,1H3,(H,35,39). The van der Waals surface area contributed by atoms with Gasteiger partial charge in [-0.2, -0.15) is 9.82 Å². The van der Waals surface area contributed by atoms with Crippen LogP contribution in [-0.2, 0) is 37.6 Å². The van der Waals surface area contributed by atoms with Crippen molar-refractivity contribution in [2.45, 2.75) is 46.7 Å². The highest BCUT2D eigenvalue weighted by molar-refractivity contribution is 7.91. The third-order valence-corrected chi connectivity index (χ3v) is 10.8. The summed E-state index contributed by atoms with van der Waals surface area (Å²) in [4.78, 5) is 13.6. The van der Waals surface area contributed by atoms with Gasteiger partial charge in [0.15, 0.2) is 10.8 Å². The van der Waals surface area contributed by atoms with Gasteiger partial charge >= 0.3 is 0 Å². The quantitative estimate of drug-likeness (QED) is 0.157. The largest absolute Gasteiger partial charge is 0.493 e. The first-order chi connectivity index (χ1) is 22.1. The molecule has 240 valence electrons. The zero-order valence-electron chi connectivity index (χ0n) is 25.0. The third-order valence-electron chi connectivity index (χ3n) is 7.35. The molecule has 0 bridgehead atoms. The summed E-state index contributed by atoms with van der Waals surface area (Å²) in [5, 5.41) is 7.37. The molecule has 5 rings (SSSR count). The van der Waals surface area contributed by atoms with Crippen LogP contribution in [0.3, 0.4) is 0 Å². The van der Waals surface area contributed by atoms with E-state index < -0.39 is 31.8 Å². The maximum Gasteiger partial charge on any atom is 0.241 e. The molecule has 46 heavy (non-hydrogen) atoms. The molecule has 10 nitrogen and oxygen atoms in total. The number of fused-ring (bicyclic) bond motifs is 1. The number of carbonyl (C=O) groups is 1. The van der Waals surface area contributed by atoms with Crippen molar-refractivity contribution in [3.63, 3.8) is 0 Å². The van der Waals surface area contributed by atoms with Gasteiger partial charge in [0.05, 0.1) is 28.5 Å². The number of methoxy groups -OCH3 is 1. The number of aromatic nitrogens is 2. The number of nitrogens with one attached hydrogen (secondary N) is 2. The van der Waals surface area contributed by atoms with Crippen LogP contribution in [0.5, 0.6) is 5.75 Å². The first kappa shape index (κ1) is 33.1. The molecule has 1 aromatic heterocycles. The highest BCUT2D eigenvalue weighted by Gasteiger charge is 2.31. The predicted molar refractivity (Wildman–Crippen MR) is 176 cm³/mol. The number of unbranched alkanes of at least 4 members (excludes halogenated alkanes) is 1. The van der Waals surface area contributed by atoms with Gasteiger partial charge in [0, 0.05) is 11.9 Å². The lowest BCUT2D eigenvalue weighted by atomic mass is 10.1. The minimum Gasteiger partial charge on any atom is -0.493 e. The second-order valence-electron chi connectivity index (χ2n) is 10.5. The predicted octanol–water partition coefficient (Wildman–Crippen LogP) is 5.02. The minimum atomic E-state index is -4.17. The van der Waals surface area contributed by atoms with E-state index in [1.807, 2.05) is 30.3 Å². The van der Waals surface area contributed by atoms with Gasteiger partial charge < -0.3 is 10.1 Å². The van der Waals surface area contributed by atoms with E-state index in [1.165, 1.54) is 53.8 Å². The van der Waals surface area contributed by atoms with Crippen LogP contribution in [0.1, 0.15) is 18.4 Å². The number of nitrogens with zero attached hydrogens (tertiary/aromatic N) is 2. The molecular formula is C33H33ClN4O6S2. The summed E-state index contributed by atoms with van der Waals surface area (Å²) >= 11 is 6.44. The fourth-order valence-electron chi connectivity index (χ4n) is 5.06. The normalized spacial score (nSPS) is 12.6. The molecule has 0 saturated carbocycles. The molecule has 0 radical (unpaired) electrons. The number of hydrogen-bond acceptors (Lipinski definition) is 7. The summed E-state index contributed by atoms with van der Waals surface area (Å²) in [5.74, 6) is -0.469. The molecule has 1 heterocycles. The summed E-state index contributed by atoms with van der Waals surface area (Å²) in [6, 6.07) is 27.1. The number of amides is 1. The van der Waals surface area contributed by atoms with E-state index in [9.17, 15) is 21.6 Å². The molecule has 4 aromatic carbocycles. The molecule has 0 spiro atoms. The van der Waals surface area contributed by atoms with Crippen molar-refractivity contribution in [3.8, 4) is 5.75 Å². The number of sulfone groups is 1. The smallest absolute Gasteiger partial charge is 0.241 e. The average Bonchev–Trinajstić information content (AvgIpc) is 3.44. The van der Waals surface area contributed by atoms with Crippen LogP contribution in [0.25, 0.3) is 10.9 Å². The van der Waals surface area contributed by atoms with Crippen molar-refractivity contribution in [2.24, 2.45) is 0 Å². The van der Waals surface area contributed by atoms with E-state index in [0.29, 0.717) is 13.0 Å². The third kappa shape index (κ3) is 7.42. The molecule has 1 unspecified atom stereocenters. The number of sulfonamides is 1. The monoisotopic (exact) mass is 680 g/mol. The number of benzene rings is 4. The van der Waals surface area contributed by atoms with Crippen LogP contribution < -0.4 is 14.8 Å². The van der Waals surface area contributed by atoms with Gasteiger partial charge in [-0.25, -0.2) is 16.8 Å². The molecule has 1 amide bonds. The van der Waals surface area contributed by atoms with Gasteiger partial charge in [-0.15, -0.1) is 0 Å². The SMILES string of the molecule is COc1c(Cl)ccc2c(S(=O)(=O)c3ccccc3)nn(CC(NS(=O)(=O)c3ccccc3)C(=O)NCCCCc3ccccc3)c12. The van der Waals surface area contributed by atoms with E-state index >= 15 is 0 Å². The van der Waals surface area contributed by atoms with Gasteiger partial charge in [0.25, 0.3) is 0 Å². The van der Waals surface area contributed by atoms with Crippen LogP contribution in [0.2, 0.25) is 5.02 Å². The van der Waals surface area contributed by atoms with E-state index in [1.54, 1.807) is 36.4 Å². The Hall–Kier alpha value is -4.23. The number of hydrogen-bond donors (Lipinski definition) is 2. The summed E-state index contributed by atoms with van der Waals surface area (Å²) in [6.07, 6.45) is 2.30. The van der Waals surface area contributed by atoms with Gasteiger partial charge in [0.2, 0.25) is 25.8 Å². The van der Waals surface area contributed by atoms with Crippen molar-refractivity contribution in [2.75, 3.05) is 13.7 Å². The number of carbonyl (C=O) groups excluding carboxylic acids is 1. The highest BCUT2D eigenvalue weighted by Crippen LogP contribution is 2.37. The van der Waals surface area contributed by atoms with E-state index in [4.69, 9.17) is 16.3 Å². The second kappa shape index (κ2) is 14.5. The fraction of sp³-hybridized carbons (Fsp3) is 0.212. The Morgan fingerprint density at radius 1 is 0.848 bits per heavy atom. The summed E-state index contributed by atoms with van der Waals surface area (Å²) < 4.78 is 63.6. The Morgan fingerprint density at radius 2 is 1.46 bits per heavy atom. The maximum absolute atomic E-state index is 13.7. The van der Waals surface area contributed by atoms with Crippen LogP contribution in [0.15, 0.2) is 118 Å². The molecule has 5 aromatic rings. The van der Waals surface area contributed by atoms with E-state index in [0.717, 1.165) is 12.8 Å². The molecule has 0 aliphatic rings. The first-order valence-corrected chi connectivity index (χ1v) is 17.9. The molecule has 2 N–H and O–H groups in total. The molecule has 0 aliphatic carbocycles. The Balaban J connectivity index is 1.49. The average molecular weight is 681 g/mol. The summed E-state index contributed by atoms with van der Waals surface area (Å²) in [7, 11) is -6.92. The molecule has 0 aliphatic heterocycles. The zero-order chi connectivity index (χ0) is 32.7. The van der Waals surface area contributed by atoms with Gasteiger partial charge in [-0.3, -0.25) is 9.48 Å². The number of rotatable bonds is 14. The van der Waals surface area contributed by atoms with Crippen LogP contribution in [0.4, 0.5) is 0 Å². The number of aryl methyl sites for hydroxylation is 1. The summed E-state index contributed by atoms with van der Waals surface area (Å²) in [6.45, 7) is -0.0582. The molecule has 1 atom stereocenters. The Kier molecular flexibility index (Phi) is 10.4. The summed E-state index contributed by atoms with van der Waals surface area (Å²) in [5.41, 5.74) is 1.38. The Morgan fingerprint density at radius 3 is 2.09 bits per heavy atom. The van der Waals surface area contributed by atoms with E-state index in [2.05, 4.69) is 15.1 Å². The molecule has 13 heteroatoms. The number of ether oxygens (including phenoxy) is 1. The van der Waals surface area contributed by atoms with Crippen molar-refractivity contribution >= 4 is 48.3 Å². The first-order valence-electron chi connectivity index (χ1n) is 14.5.